The van der Waals surface area contributed by atoms with Crippen molar-refractivity contribution >= 4 is 15.9 Å². The molecular weight excluding hydrogens is 310 g/mol. The van der Waals surface area contributed by atoms with Crippen LogP contribution in [0.2, 0.25) is 0 Å². The Balaban J connectivity index is 2.23. The van der Waals surface area contributed by atoms with Crippen molar-refractivity contribution in [1.29, 1.82) is 0 Å². The first kappa shape index (κ1) is 14.2. The van der Waals surface area contributed by atoms with Gasteiger partial charge in [0.1, 0.15) is 0 Å². The minimum Gasteiger partial charge on any atom is -0.204 e. The van der Waals surface area contributed by atoms with Crippen molar-refractivity contribution < 1.29 is 8.78 Å². The Labute approximate surface area is 120 Å². The van der Waals surface area contributed by atoms with E-state index < -0.39 is 11.6 Å². The first-order chi connectivity index (χ1) is 8.99. The highest BCUT2D eigenvalue weighted by Crippen LogP contribution is 2.30. The largest absolute Gasteiger partial charge is 0.204 e. The van der Waals surface area contributed by atoms with E-state index in [-0.39, 0.29) is 4.83 Å². The van der Waals surface area contributed by atoms with Gasteiger partial charge >= 0.3 is 0 Å². The molecule has 3 heteroatoms. The summed E-state index contributed by atoms with van der Waals surface area (Å²) in [6, 6.07) is 10.2. The molecule has 0 saturated heterocycles. The Hall–Kier alpha value is -1.22. The van der Waals surface area contributed by atoms with Gasteiger partial charge in [0.15, 0.2) is 11.6 Å². The summed E-state index contributed by atoms with van der Waals surface area (Å²) in [4.78, 5) is 0.0947. The molecule has 1 unspecified atom stereocenters. The third kappa shape index (κ3) is 3.21. The molecule has 0 amide bonds. The van der Waals surface area contributed by atoms with Gasteiger partial charge in [-0.3, -0.25) is 0 Å². The van der Waals surface area contributed by atoms with Crippen LogP contribution in [0.25, 0.3) is 0 Å². The Kier molecular flexibility index (Phi) is 4.35. The number of hydrogen-bond donors (Lipinski definition) is 0. The van der Waals surface area contributed by atoms with Crippen molar-refractivity contribution in [2.75, 3.05) is 0 Å². The predicted molar refractivity (Wildman–Crippen MR) is 77.6 cm³/mol. The molecule has 0 fully saturated rings. The van der Waals surface area contributed by atoms with Crippen LogP contribution in [0.5, 0.6) is 0 Å². The van der Waals surface area contributed by atoms with Gasteiger partial charge in [-0.2, -0.15) is 0 Å². The van der Waals surface area contributed by atoms with Crippen molar-refractivity contribution in [3.63, 3.8) is 0 Å². The maximum absolute atomic E-state index is 13.2. The van der Waals surface area contributed by atoms with Gasteiger partial charge in [-0.1, -0.05) is 40.2 Å². The molecule has 2 rings (SSSR count). The molecule has 0 saturated carbocycles. The van der Waals surface area contributed by atoms with Crippen molar-refractivity contribution in [1.82, 2.24) is 0 Å². The standard InChI is InChI=1S/C16H15BrF2/c1-10-4-3-5-13(11(10)2)14(17)8-12-6-7-15(18)16(19)9-12/h3-7,9,14H,8H2,1-2H3. The summed E-state index contributed by atoms with van der Waals surface area (Å²) < 4.78 is 26.1. The molecule has 0 nitrogen and oxygen atoms in total. The summed E-state index contributed by atoms with van der Waals surface area (Å²) in [5, 5.41) is 0. The van der Waals surface area contributed by atoms with Crippen LogP contribution < -0.4 is 0 Å². The highest BCUT2D eigenvalue weighted by molar-refractivity contribution is 9.09. The number of benzene rings is 2. The topological polar surface area (TPSA) is 0 Å². The molecule has 0 heterocycles. The van der Waals surface area contributed by atoms with E-state index in [1.54, 1.807) is 6.07 Å². The van der Waals surface area contributed by atoms with E-state index in [1.807, 2.05) is 6.07 Å². The fourth-order valence-electron chi connectivity index (χ4n) is 2.10. The number of hydrogen-bond acceptors (Lipinski definition) is 0. The summed E-state index contributed by atoms with van der Waals surface area (Å²) in [6.07, 6.45) is 0.626. The first-order valence-electron chi connectivity index (χ1n) is 6.13. The predicted octanol–water partition coefficient (Wildman–Crippen LogP) is 5.26. The molecule has 100 valence electrons. The van der Waals surface area contributed by atoms with Crippen LogP contribution in [0.3, 0.4) is 0 Å². The van der Waals surface area contributed by atoms with E-state index in [4.69, 9.17) is 0 Å². The normalized spacial score (nSPS) is 12.5. The summed E-state index contributed by atoms with van der Waals surface area (Å²) in [5.74, 6) is -1.60. The molecule has 0 aliphatic rings. The van der Waals surface area contributed by atoms with Crippen LogP contribution in [0, 0.1) is 25.5 Å². The number of alkyl halides is 1. The molecule has 0 radical (unpaired) electrons. The SMILES string of the molecule is Cc1cccc(C(Br)Cc2ccc(F)c(F)c2)c1C. The molecule has 0 bridgehead atoms. The molecule has 19 heavy (non-hydrogen) atoms. The van der Waals surface area contributed by atoms with Crippen LogP contribution in [0.15, 0.2) is 36.4 Å². The third-order valence-corrected chi connectivity index (χ3v) is 4.20. The second-order valence-corrected chi connectivity index (χ2v) is 5.81. The van der Waals surface area contributed by atoms with E-state index in [0.29, 0.717) is 6.42 Å². The molecule has 0 aliphatic carbocycles. The number of aryl methyl sites for hydroxylation is 1. The molecule has 1 atom stereocenters. The Morgan fingerprint density at radius 1 is 1.05 bits per heavy atom. The Morgan fingerprint density at radius 2 is 1.79 bits per heavy atom. The lowest BCUT2D eigenvalue weighted by Gasteiger charge is -2.15. The van der Waals surface area contributed by atoms with Gasteiger partial charge in [-0.05, 0) is 54.7 Å². The molecule has 0 aromatic heterocycles. The van der Waals surface area contributed by atoms with Crippen LogP contribution >= 0.6 is 15.9 Å². The fourth-order valence-corrected chi connectivity index (χ4v) is 2.97. The second-order valence-electron chi connectivity index (χ2n) is 4.71. The molecular formula is C16H15BrF2. The quantitative estimate of drug-likeness (QED) is 0.675. The van der Waals surface area contributed by atoms with Crippen molar-refractivity contribution in [3.8, 4) is 0 Å². The molecule has 2 aromatic carbocycles. The van der Waals surface area contributed by atoms with Gasteiger partial charge < -0.3 is 0 Å². The van der Waals surface area contributed by atoms with Gasteiger partial charge in [-0.15, -0.1) is 0 Å². The van der Waals surface area contributed by atoms with E-state index in [9.17, 15) is 8.78 Å². The average molecular weight is 325 g/mol. The van der Waals surface area contributed by atoms with Crippen LogP contribution in [0.4, 0.5) is 8.78 Å². The summed E-state index contributed by atoms with van der Waals surface area (Å²) >= 11 is 3.63. The van der Waals surface area contributed by atoms with Crippen LogP contribution in [0.1, 0.15) is 27.1 Å². The highest BCUT2D eigenvalue weighted by Gasteiger charge is 2.13. The number of halogens is 3. The fraction of sp³-hybridized carbons (Fsp3) is 0.250. The Morgan fingerprint density at radius 3 is 2.47 bits per heavy atom. The van der Waals surface area contributed by atoms with Gasteiger partial charge in [0.05, 0.1) is 0 Å². The summed E-state index contributed by atoms with van der Waals surface area (Å²) in [5.41, 5.74) is 4.42. The van der Waals surface area contributed by atoms with Gasteiger partial charge in [0.2, 0.25) is 0 Å². The minimum absolute atomic E-state index is 0.0947. The van der Waals surface area contributed by atoms with E-state index in [1.165, 1.54) is 28.8 Å². The summed E-state index contributed by atoms with van der Waals surface area (Å²) in [6.45, 7) is 4.14. The van der Waals surface area contributed by atoms with Crippen LogP contribution in [-0.4, -0.2) is 0 Å². The lowest BCUT2D eigenvalue weighted by Crippen LogP contribution is -2.00. The zero-order valence-electron chi connectivity index (χ0n) is 10.9. The lowest BCUT2D eigenvalue weighted by molar-refractivity contribution is 0.507. The summed E-state index contributed by atoms with van der Waals surface area (Å²) in [7, 11) is 0. The maximum Gasteiger partial charge on any atom is 0.159 e. The van der Waals surface area contributed by atoms with Gasteiger partial charge in [0, 0.05) is 4.83 Å². The smallest absolute Gasteiger partial charge is 0.159 e. The highest BCUT2D eigenvalue weighted by atomic mass is 79.9. The molecule has 0 aliphatic heterocycles. The third-order valence-electron chi connectivity index (χ3n) is 3.38. The van der Waals surface area contributed by atoms with Crippen LogP contribution in [-0.2, 0) is 6.42 Å². The zero-order valence-corrected chi connectivity index (χ0v) is 12.5. The maximum atomic E-state index is 13.2. The van der Waals surface area contributed by atoms with Gasteiger partial charge in [0.25, 0.3) is 0 Å². The number of rotatable bonds is 3. The van der Waals surface area contributed by atoms with E-state index in [0.717, 1.165) is 5.56 Å². The molecule has 0 spiro atoms. The van der Waals surface area contributed by atoms with Gasteiger partial charge in [-0.25, -0.2) is 8.78 Å². The first-order valence-corrected chi connectivity index (χ1v) is 7.04. The molecule has 0 N–H and O–H groups in total. The minimum atomic E-state index is -0.804. The van der Waals surface area contributed by atoms with Crippen molar-refractivity contribution in [3.05, 3.63) is 70.3 Å². The van der Waals surface area contributed by atoms with E-state index >= 15 is 0 Å². The Bertz CT molecular complexity index is 593. The van der Waals surface area contributed by atoms with E-state index in [2.05, 4.69) is 41.9 Å². The van der Waals surface area contributed by atoms with Crippen molar-refractivity contribution in [2.45, 2.75) is 25.1 Å². The second kappa shape index (κ2) is 5.83. The zero-order chi connectivity index (χ0) is 14.0. The monoisotopic (exact) mass is 324 g/mol. The lowest BCUT2D eigenvalue weighted by atomic mass is 9.97. The molecule has 2 aromatic rings. The average Bonchev–Trinajstić information content (AvgIpc) is 2.37. The van der Waals surface area contributed by atoms with Crippen molar-refractivity contribution in [2.24, 2.45) is 0 Å².